The fourth-order valence-corrected chi connectivity index (χ4v) is 3.40. The summed E-state index contributed by atoms with van der Waals surface area (Å²) in [5.41, 5.74) is 0.306. The van der Waals surface area contributed by atoms with Crippen molar-refractivity contribution < 1.29 is 23.1 Å². The Morgan fingerprint density at radius 3 is 2.57 bits per heavy atom. The largest absolute Gasteiger partial charge is 0.480 e. The summed E-state index contributed by atoms with van der Waals surface area (Å²) in [5, 5.41) is 8.86. The third-order valence-corrected chi connectivity index (χ3v) is 5.03. The fraction of sp³-hybridized carbons (Fsp3) is 0.933. The van der Waals surface area contributed by atoms with Crippen molar-refractivity contribution >= 4 is 16.0 Å². The van der Waals surface area contributed by atoms with Crippen molar-refractivity contribution in [3.8, 4) is 0 Å². The van der Waals surface area contributed by atoms with Crippen molar-refractivity contribution in [1.82, 2.24) is 9.21 Å². The van der Waals surface area contributed by atoms with Gasteiger partial charge in [-0.05, 0) is 24.8 Å². The van der Waals surface area contributed by atoms with Crippen LogP contribution in [0.4, 0.5) is 0 Å². The van der Waals surface area contributed by atoms with Crippen LogP contribution >= 0.6 is 0 Å². The summed E-state index contributed by atoms with van der Waals surface area (Å²) in [6.07, 6.45) is 2.96. The highest BCUT2D eigenvalue weighted by Gasteiger charge is 2.28. The molecule has 0 aromatic carbocycles. The molecule has 1 unspecified atom stereocenters. The molecule has 8 heteroatoms. The van der Waals surface area contributed by atoms with E-state index in [0.29, 0.717) is 18.6 Å². The molecule has 0 amide bonds. The van der Waals surface area contributed by atoms with E-state index in [0.717, 1.165) is 36.5 Å². The zero-order valence-corrected chi connectivity index (χ0v) is 15.4. The Morgan fingerprint density at radius 1 is 1.39 bits per heavy atom. The van der Waals surface area contributed by atoms with Gasteiger partial charge in [-0.1, -0.05) is 20.8 Å². The minimum Gasteiger partial charge on any atom is -0.480 e. The van der Waals surface area contributed by atoms with Gasteiger partial charge in [0.05, 0.1) is 19.0 Å². The van der Waals surface area contributed by atoms with Crippen LogP contribution in [0.1, 0.15) is 33.6 Å². The Bertz CT molecular complexity index is 487. The number of hydrogen-bond donors (Lipinski definition) is 1. The van der Waals surface area contributed by atoms with E-state index in [4.69, 9.17) is 9.84 Å². The lowest BCUT2D eigenvalue weighted by molar-refractivity contribution is -0.137. The van der Waals surface area contributed by atoms with E-state index in [1.54, 1.807) is 0 Å². The smallest absolute Gasteiger partial charge is 0.318 e. The first-order chi connectivity index (χ1) is 10.5. The number of ether oxygens (including phenoxy) is 1. The first-order valence-electron chi connectivity index (χ1n) is 7.98. The van der Waals surface area contributed by atoms with Crippen molar-refractivity contribution in [1.29, 1.82) is 0 Å². The average molecular weight is 350 g/mol. The van der Waals surface area contributed by atoms with E-state index in [1.807, 2.05) is 0 Å². The van der Waals surface area contributed by atoms with Crippen molar-refractivity contribution in [2.24, 2.45) is 5.41 Å². The van der Waals surface area contributed by atoms with Crippen molar-refractivity contribution in [3.05, 3.63) is 0 Å². The Kier molecular flexibility index (Phi) is 7.44. The number of nitrogens with zero attached hydrogens (tertiary/aromatic N) is 2. The van der Waals surface area contributed by atoms with Gasteiger partial charge in [-0.25, -0.2) is 8.42 Å². The summed E-state index contributed by atoms with van der Waals surface area (Å²) < 4.78 is 30.0. The van der Waals surface area contributed by atoms with E-state index < -0.39 is 22.5 Å². The molecule has 1 saturated heterocycles. The molecule has 0 aliphatic carbocycles. The summed E-state index contributed by atoms with van der Waals surface area (Å²) in [6, 6.07) is 0. The highest BCUT2D eigenvalue weighted by Crippen LogP contribution is 2.21. The molecule has 23 heavy (non-hydrogen) atoms. The van der Waals surface area contributed by atoms with Crippen LogP contribution in [-0.2, 0) is 19.6 Å². The van der Waals surface area contributed by atoms with Crippen LogP contribution in [0.2, 0.25) is 0 Å². The van der Waals surface area contributed by atoms with Gasteiger partial charge in [-0.3, -0.25) is 9.69 Å². The number of hydrogen-bond acceptors (Lipinski definition) is 5. The van der Waals surface area contributed by atoms with E-state index in [1.165, 1.54) is 0 Å². The van der Waals surface area contributed by atoms with E-state index in [-0.39, 0.29) is 12.6 Å². The van der Waals surface area contributed by atoms with Crippen molar-refractivity contribution in [3.63, 3.8) is 0 Å². The number of aliphatic carboxylic acids is 1. The molecule has 1 fully saturated rings. The zero-order chi connectivity index (χ0) is 17.7. The lowest BCUT2D eigenvalue weighted by Gasteiger charge is -2.35. The minimum atomic E-state index is -3.56. The molecule has 136 valence electrons. The Labute approximate surface area is 139 Å². The molecule has 0 radical (unpaired) electrons. The van der Waals surface area contributed by atoms with Crippen LogP contribution in [-0.4, -0.2) is 80.4 Å². The monoisotopic (exact) mass is 350 g/mol. The molecule has 1 atom stereocenters. The standard InChI is InChI=1S/C15H30N2O5S/c1-15(2,3)6-5-7-16-8-9-22-13(10-16)11-17(12-14(18)19)23(4,20)21/h13H,5-12H2,1-4H3,(H,18,19). The predicted octanol–water partition coefficient (Wildman–Crippen LogP) is 0.860. The minimum absolute atomic E-state index is 0.0842. The van der Waals surface area contributed by atoms with Gasteiger partial charge in [-0.2, -0.15) is 4.31 Å². The summed E-state index contributed by atoms with van der Waals surface area (Å²) in [5.74, 6) is -1.16. The predicted molar refractivity (Wildman–Crippen MR) is 88.9 cm³/mol. The molecular formula is C15H30N2O5S. The Morgan fingerprint density at radius 2 is 2.04 bits per heavy atom. The molecule has 1 aliphatic rings. The second kappa shape index (κ2) is 8.41. The molecule has 0 bridgehead atoms. The van der Waals surface area contributed by atoms with Crippen LogP contribution in [0.3, 0.4) is 0 Å². The molecular weight excluding hydrogens is 320 g/mol. The van der Waals surface area contributed by atoms with Crippen LogP contribution in [0.5, 0.6) is 0 Å². The third kappa shape index (κ3) is 8.64. The van der Waals surface area contributed by atoms with Crippen LogP contribution in [0.15, 0.2) is 0 Å². The molecule has 0 spiro atoms. The lowest BCUT2D eigenvalue weighted by atomic mass is 9.90. The highest BCUT2D eigenvalue weighted by molar-refractivity contribution is 7.88. The summed E-state index contributed by atoms with van der Waals surface area (Å²) in [4.78, 5) is 13.1. The maximum Gasteiger partial charge on any atom is 0.318 e. The maximum atomic E-state index is 11.7. The maximum absolute atomic E-state index is 11.7. The molecule has 0 aromatic heterocycles. The second-order valence-corrected chi connectivity index (χ2v) is 9.39. The van der Waals surface area contributed by atoms with Gasteiger partial charge in [0.25, 0.3) is 0 Å². The van der Waals surface area contributed by atoms with Gasteiger partial charge >= 0.3 is 5.97 Å². The topological polar surface area (TPSA) is 87.2 Å². The summed E-state index contributed by atoms with van der Waals surface area (Å²) >= 11 is 0. The quantitative estimate of drug-likeness (QED) is 0.699. The van der Waals surface area contributed by atoms with Crippen LogP contribution in [0.25, 0.3) is 0 Å². The normalized spacial score (nSPS) is 20.8. The third-order valence-electron chi connectivity index (χ3n) is 3.81. The van der Waals surface area contributed by atoms with Crippen LogP contribution in [0, 0.1) is 5.41 Å². The van der Waals surface area contributed by atoms with Gasteiger partial charge in [0.15, 0.2) is 0 Å². The first-order valence-corrected chi connectivity index (χ1v) is 9.83. The van der Waals surface area contributed by atoms with E-state index in [9.17, 15) is 13.2 Å². The molecule has 1 aliphatic heterocycles. The van der Waals surface area contributed by atoms with Crippen molar-refractivity contribution in [2.75, 3.05) is 45.6 Å². The highest BCUT2D eigenvalue weighted by atomic mass is 32.2. The van der Waals surface area contributed by atoms with Gasteiger partial charge in [0.2, 0.25) is 10.0 Å². The molecule has 0 saturated carbocycles. The summed E-state index contributed by atoms with van der Waals surface area (Å²) in [7, 11) is -3.56. The zero-order valence-electron chi connectivity index (χ0n) is 14.6. The molecule has 1 rings (SSSR count). The number of carbonyl (C=O) groups is 1. The molecule has 1 N–H and O–H groups in total. The Hall–Kier alpha value is -0.700. The lowest BCUT2D eigenvalue weighted by Crippen LogP contribution is -2.49. The average Bonchev–Trinajstić information content (AvgIpc) is 2.35. The Balaban J connectivity index is 2.51. The number of morpholine rings is 1. The van der Waals surface area contributed by atoms with Gasteiger partial charge < -0.3 is 9.84 Å². The molecule has 1 heterocycles. The van der Waals surface area contributed by atoms with E-state index >= 15 is 0 Å². The van der Waals surface area contributed by atoms with Crippen LogP contribution < -0.4 is 0 Å². The number of sulfonamides is 1. The van der Waals surface area contributed by atoms with Gasteiger partial charge in [0.1, 0.15) is 6.54 Å². The number of carboxylic acid groups (broad SMARTS) is 1. The van der Waals surface area contributed by atoms with Gasteiger partial charge in [-0.15, -0.1) is 0 Å². The van der Waals surface area contributed by atoms with Gasteiger partial charge in [0, 0.05) is 19.6 Å². The second-order valence-electron chi connectivity index (χ2n) is 7.41. The van der Waals surface area contributed by atoms with Crippen molar-refractivity contribution in [2.45, 2.75) is 39.7 Å². The number of rotatable bonds is 8. The first kappa shape index (κ1) is 20.3. The molecule has 0 aromatic rings. The van der Waals surface area contributed by atoms with E-state index in [2.05, 4.69) is 25.7 Å². The SMILES string of the molecule is CC(C)(C)CCCN1CCOC(CN(CC(=O)O)S(C)(=O)=O)C1. The fourth-order valence-electron chi connectivity index (χ4n) is 2.62. The number of carboxylic acids is 1. The molecule has 7 nitrogen and oxygen atoms in total. The summed E-state index contributed by atoms with van der Waals surface area (Å²) in [6.45, 7) is 9.17.